The fourth-order valence-electron chi connectivity index (χ4n) is 2.86. The SMILES string of the molecule is CCOc1ccc(N2C(=O)C[C@@H](SC(N)=N/N=C(/C)c3ccccc3)C2=O)cc1. The number of thioether (sulfide) groups is 1. The van der Waals surface area contributed by atoms with Crippen molar-refractivity contribution < 1.29 is 14.3 Å². The van der Waals surface area contributed by atoms with Crippen molar-refractivity contribution in [2.45, 2.75) is 25.5 Å². The summed E-state index contributed by atoms with van der Waals surface area (Å²) in [6, 6.07) is 16.4. The van der Waals surface area contributed by atoms with Crippen molar-refractivity contribution in [1.29, 1.82) is 0 Å². The first-order chi connectivity index (χ1) is 14.0. The Balaban J connectivity index is 1.67. The Hall–Kier alpha value is -3.13. The summed E-state index contributed by atoms with van der Waals surface area (Å²) >= 11 is 1.05. The summed E-state index contributed by atoms with van der Waals surface area (Å²) in [4.78, 5) is 26.3. The molecule has 0 aromatic heterocycles. The number of hydrogen-bond donors (Lipinski definition) is 1. The zero-order valence-corrected chi connectivity index (χ0v) is 17.1. The molecular weight excluding hydrogens is 388 g/mol. The molecule has 2 amide bonds. The van der Waals surface area contributed by atoms with Crippen LogP contribution in [0.4, 0.5) is 5.69 Å². The molecule has 1 heterocycles. The third-order valence-electron chi connectivity index (χ3n) is 4.26. The second kappa shape index (κ2) is 9.38. The average Bonchev–Trinajstić information content (AvgIpc) is 3.00. The summed E-state index contributed by atoms with van der Waals surface area (Å²) in [7, 11) is 0. The van der Waals surface area contributed by atoms with Crippen LogP contribution in [0.3, 0.4) is 0 Å². The van der Waals surface area contributed by atoms with E-state index >= 15 is 0 Å². The summed E-state index contributed by atoms with van der Waals surface area (Å²) < 4.78 is 5.39. The average molecular weight is 410 g/mol. The summed E-state index contributed by atoms with van der Waals surface area (Å²) in [6.07, 6.45) is 0.0638. The van der Waals surface area contributed by atoms with Crippen LogP contribution in [0.1, 0.15) is 25.8 Å². The molecule has 1 aliphatic heterocycles. The minimum atomic E-state index is -0.620. The fourth-order valence-corrected chi connectivity index (χ4v) is 3.67. The number of anilines is 1. The van der Waals surface area contributed by atoms with Gasteiger partial charge in [0.2, 0.25) is 11.8 Å². The van der Waals surface area contributed by atoms with Crippen LogP contribution in [-0.2, 0) is 9.59 Å². The predicted octanol–water partition coefficient (Wildman–Crippen LogP) is 3.19. The quantitative estimate of drug-likeness (QED) is 0.341. The van der Waals surface area contributed by atoms with E-state index in [4.69, 9.17) is 10.5 Å². The van der Waals surface area contributed by atoms with Gasteiger partial charge in [-0.05, 0) is 43.7 Å². The standard InChI is InChI=1S/C21H22N4O3S/c1-3-28-17-11-9-16(10-12-17)25-19(26)13-18(20(25)27)29-21(22)24-23-14(2)15-7-5-4-6-8-15/h4-12,18H,3,13H2,1-2H3,(H2,22,24)/b23-14-/t18-/m1/s1. The lowest BCUT2D eigenvalue weighted by Gasteiger charge is -2.15. The molecule has 3 rings (SSSR count). The van der Waals surface area contributed by atoms with Crippen LogP contribution in [0.2, 0.25) is 0 Å². The molecule has 1 saturated heterocycles. The minimum Gasteiger partial charge on any atom is -0.494 e. The number of carbonyl (C=O) groups excluding carboxylic acids is 2. The van der Waals surface area contributed by atoms with E-state index in [9.17, 15) is 9.59 Å². The molecular formula is C21H22N4O3S. The Kier molecular flexibility index (Phi) is 6.66. The van der Waals surface area contributed by atoms with Crippen LogP contribution in [0.25, 0.3) is 0 Å². The number of nitrogens with two attached hydrogens (primary N) is 1. The first kappa shape index (κ1) is 20.6. The topological polar surface area (TPSA) is 97.3 Å². The molecule has 150 valence electrons. The number of ether oxygens (including phenoxy) is 1. The largest absolute Gasteiger partial charge is 0.494 e. The first-order valence-corrected chi connectivity index (χ1v) is 10.1. The van der Waals surface area contributed by atoms with Gasteiger partial charge in [0.05, 0.1) is 18.0 Å². The first-order valence-electron chi connectivity index (χ1n) is 9.19. The van der Waals surface area contributed by atoms with Crippen molar-refractivity contribution in [1.82, 2.24) is 0 Å². The number of carbonyl (C=O) groups is 2. The highest BCUT2D eigenvalue weighted by molar-refractivity contribution is 8.14. The normalized spacial score (nSPS) is 17.7. The van der Waals surface area contributed by atoms with Crippen LogP contribution >= 0.6 is 11.8 Å². The van der Waals surface area contributed by atoms with Crippen molar-refractivity contribution in [2.24, 2.45) is 15.9 Å². The monoisotopic (exact) mass is 410 g/mol. The molecule has 0 bridgehead atoms. The van der Waals surface area contributed by atoms with Gasteiger partial charge in [0.1, 0.15) is 11.0 Å². The summed E-state index contributed by atoms with van der Waals surface area (Å²) in [5, 5.41) is 7.64. The number of hydrogen-bond acceptors (Lipinski definition) is 6. The zero-order valence-electron chi connectivity index (χ0n) is 16.2. The molecule has 0 saturated carbocycles. The number of amides is 2. The maximum Gasteiger partial charge on any atom is 0.247 e. The zero-order chi connectivity index (χ0) is 20.8. The fraction of sp³-hybridized carbons (Fsp3) is 0.238. The Bertz CT molecular complexity index is 942. The third-order valence-corrected chi connectivity index (χ3v) is 5.24. The molecule has 1 fully saturated rings. The van der Waals surface area contributed by atoms with Crippen LogP contribution in [0.15, 0.2) is 64.8 Å². The molecule has 2 aromatic carbocycles. The van der Waals surface area contributed by atoms with Crippen molar-refractivity contribution in [3.63, 3.8) is 0 Å². The molecule has 0 unspecified atom stereocenters. The molecule has 29 heavy (non-hydrogen) atoms. The highest BCUT2D eigenvalue weighted by Gasteiger charge is 2.40. The molecule has 1 aliphatic rings. The summed E-state index contributed by atoms with van der Waals surface area (Å²) in [6.45, 7) is 4.26. The maximum atomic E-state index is 12.7. The van der Waals surface area contributed by atoms with Gasteiger partial charge >= 0.3 is 0 Å². The van der Waals surface area contributed by atoms with E-state index in [0.717, 1.165) is 17.3 Å². The van der Waals surface area contributed by atoms with Crippen molar-refractivity contribution in [2.75, 3.05) is 11.5 Å². The molecule has 8 heteroatoms. The summed E-state index contributed by atoms with van der Waals surface area (Å²) in [5.74, 6) is 0.101. The van der Waals surface area contributed by atoms with E-state index in [1.807, 2.05) is 44.2 Å². The molecule has 2 N–H and O–H groups in total. The molecule has 0 aliphatic carbocycles. The van der Waals surface area contributed by atoms with Gasteiger partial charge < -0.3 is 10.5 Å². The molecule has 7 nitrogen and oxygen atoms in total. The van der Waals surface area contributed by atoms with Gasteiger partial charge in [-0.25, -0.2) is 4.90 Å². The van der Waals surface area contributed by atoms with Gasteiger partial charge in [0, 0.05) is 6.42 Å². The van der Waals surface area contributed by atoms with E-state index < -0.39 is 5.25 Å². The molecule has 1 atom stereocenters. The van der Waals surface area contributed by atoms with E-state index in [0.29, 0.717) is 23.8 Å². The van der Waals surface area contributed by atoms with Gasteiger partial charge in [0.25, 0.3) is 0 Å². The number of rotatable bonds is 6. The van der Waals surface area contributed by atoms with Gasteiger partial charge in [-0.15, -0.1) is 5.10 Å². The highest BCUT2D eigenvalue weighted by atomic mass is 32.2. The number of imide groups is 1. The maximum absolute atomic E-state index is 12.7. The second-order valence-electron chi connectivity index (χ2n) is 6.29. The van der Waals surface area contributed by atoms with Crippen LogP contribution < -0.4 is 15.4 Å². The second-order valence-corrected chi connectivity index (χ2v) is 7.52. The van der Waals surface area contributed by atoms with E-state index in [1.54, 1.807) is 24.3 Å². The predicted molar refractivity (Wildman–Crippen MR) is 116 cm³/mol. The lowest BCUT2D eigenvalue weighted by Crippen LogP contribution is -2.31. The Morgan fingerprint density at radius 1 is 1.14 bits per heavy atom. The van der Waals surface area contributed by atoms with Crippen molar-refractivity contribution in [3.8, 4) is 5.75 Å². The third kappa shape index (κ3) is 5.03. The van der Waals surface area contributed by atoms with Gasteiger partial charge in [-0.3, -0.25) is 9.59 Å². The Morgan fingerprint density at radius 2 is 1.83 bits per heavy atom. The smallest absolute Gasteiger partial charge is 0.247 e. The molecule has 0 radical (unpaired) electrons. The lowest BCUT2D eigenvalue weighted by atomic mass is 10.1. The van der Waals surface area contributed by atoms with Crippen molar-refractivity contribution in [3.05, 3.63) is 60.2 Å². The van der Waals surface area contributed by atoms with Gasteiger partial charge in [-0.1, -0.05) is 42.1 Å². The Labute approximate surface area is 173 Å². The van der Waals surface area contributed by atoms with E-state index in [2.05, 4.69) is 10.2 Å². The highest BCUT2D eigenvalue weighted by Crippen LogP contribution is 2.30. The van der Waals surface area contributed by atoms with E-state index in [-0.39, 0.29) is 23.4 Å². The number of amidine groups is 1. The number of benzene rings is 2. The summed E-state index contributed by atoms with van der Waals surface area (Å²) in [5.41, 5.74) is 8.09. The van der Waals surface area contributed by atoms with Gasteiger partial charge in [-0.2, -0.15) is 5.10 Å². The minimum absolute atomic E-state index is 0.0638. The molecule has 0 spiro atoms. The molecule has 2 aromatic rings. The van der Waals surface area contributed by atoms with Crippen LogP contribution in [-0.4, -0.2) is 34.6 Å². The van der Waals surface area contributed by atoms with Crippen molar-refractivity contribution >= 4 is 40.1 Å². The van der Waals surface area contributed by atoms with Gasteiger partial charge in [0.15, 0.2) is 5.17 Å². The number of nitrogens with zero attached hydrogens (tertiary/aromatic N) is 3. The van der Waals surface area contributed by atoms with Crippen LogP contribution in [0, 0.1) is 0 Å². The lowest BCUT2D eigenvalue weighted by molar-refractivity contribution is -0.121. The Morgan fingerprint density at radius 3 is 2.48 bits per heavy atom. The van der Waals surface area contributed by atoms with E-state index in [1.165, 1.54) is 4.90 Å². The van der Waals surface area contributed by atoms with Crippen LogP contribution in [0.5, 0.6) is 5.75 Å².